The van der Waals surface area contributed by atoms with Gasteiger partial charge in [0.05, 0.1) is 29.3 Å². The number of nitrogens with zero attached hydrogens (tertiary/aromatic N) is 4. The Balaban J connectivity index is 1.78. The van der Waals surface area contributed by atoms with Crippen LogP contribution in [0.2, 0.25) is 0 Å². The Morgan fingerprint density at radius 2 is 1.64 bits per heavy atom. The van der Waals surface area contributed by atoms with Crippen LogP contribution in [0.3, 0.4) is 0 Å². The molecule has 0 bridgehead atoms. The summed E-state index contributed by atoms with van der Waals surface area (Å²) in [6.07, 6.45) is 1.56. The van der Waals surface area contributed by atoms with Crippen LogP contribution >= 0.6 is 0 Å². The zero-order valence-corrected chi connectivity index (χ0v) is 18.4. The lowest BCUT2D eigenvalue weighted by atomic mass is 10.2. The van der Waals surface area contributed by atoms with E-state index in [0.29, 0.717) is 16.8 Å². The van der Waals surface area contributed by atoms with E-state index in [1.165, 1.54) is 16.8 Å². The number of nitrogen functional groups attached to an aromatic ring is 1. The lowest BCUT2D eigenvalue weighted by Crippen LogP contribution is -2.06. The quantitative estimate of drug-likeness (QED) is 0.401. The van der Waals surface area contributed by atoms with Crippen LogP contribution in [0.25, 0.3) is 22.2 Å². The van der Waals surface area contributed by atoms with Gasteiger partial charge in [0.1, 0.15) is 22.0 Å². The van der Waals surface area contributed by atoms with Crippen molar-refractivity contribution in [2.45, 2.75) is 9.79 Å². The minimum absolute atomic E-state index is 0.0664. The molecule has 0 spiro atoms. The molecule has 0 aliphatic carbocycles. The Morgan fingerprint density at radius 1 is 0.939 bits per heavy atom. The maximum Gasteiger partial charge on any atom is 0.212 e. The highest BCUT2D eigenvalue weighted by molar-refractivity contribution is 7.92. The molecular weight excluding hydrogens is 438 g/mol. The van der Waals surface area contributed by atoms with Crippen molar-refractivity contribution in [3.05, 3.63) is 84.4 Å². The standard InChI is InChI=1S/C24H19N5O3S/c1-32-17-9-7-8-16(14-17)15-26-29-23(25)22(33(30,31)18-10-3-2-4-11-18)21-24(29)28-20-13-6-5-12-19(20)27-21/h2-15H,25H2,1H3/b26-15-. The second kappa shape index (κ2) is 8.03. The SMILES string of the molecule is COc1cccc(/C=N\n2c(N)c(S(=O)(=O)c3ccccc3)c3nc4ccccc4nc32)c1. The molecule has 2 heterocycles. The largest absolute Gasteiger partial charge is 0.497 e. The topological polar surface area (TPSA) is 112 Å². The van der Waals surface area contributed by atoms with E-state index >= 15 is 0 Å². The van der Waals surface area contributed by atoms with E-state index in [2.05, 4.69) is 15.1 Å². The maximum absolute atomic E-state index is 13.5. The van der Waals surface area contributed by atoms with Gasteiger partial charge in [0.15, 0.2) is 5.65 Å². The number of ether oxygens (including phenoxy) is 1. The van der Waals surface area contributed by atoms with E-state index < -0.39 is 9.84 Å². The summed E-state index contributed by atoms with van der Waals surface area (Å²) >= 11 is 0. The molecule has 0 saturated carbocycles. The van der Waals surface area contributed by atoms with Crippen LogP contribution in [0.5, 0.6) is 5.75 Å². The summed E-state index contributed by atoms with van der Waals surface area (Å²) in [4.78, 5) is 9.22. The summed E-state index contributed by atoms with van der Waals surface area (Å²) < 4.78 is 33.7. The number of hydrogen-bond acceptors (Lipinski definition) is 7. The van der Waals surface area contributed by atoms with Gasteiger partial charge in [-0.2, -0.15) is 9.78 Å². The number of para-hydroxylation sites is 2. The van der Waals surface area contributed by atoms with Gasteiger partial charge in [-0.1, -0.05) is 42.5 Å². The fraction of sp³-hybridized carbons (Fsp3) is 0.0417. The molecule has 0 fully saturated rings. The van der Waals surface area contributed by atoms with Crippen LogP contribution in [-0.4, -0.2) is 36.4 Å². The third-order valence-corrected chi connectivity index (χ3v) is 7.00. The lowest BCUT2D eigenvalue weighted by Gasteiger charge is -2.04. The molecule has 0 unspecified atom stereocenters. The Bertz CT molecular complexity index is 1630. The van der Waals surface area contributed by atoms with Gasteiger partial charge in [0.2, 0.25) is 9.84 Å². The highest BCUT2D eigenvalue weighted by Crippen LogP contribution is 2.35. The number of methoxy groups -OCH3 is 1. The highest BCUT2D eigenvalue weighted by atomic mass is 32.2. The second-order valence-corrected chi connectivity index (χ2v) is 9.13. The average molecular weight is 458 g/mol. The van der Waals surface area contributed by atoms with E-state index in [4.69, 9.17) is 10.5 Å². The van der Waals surface area contributed by atoms with E-state index in [-0.39, 0.29) is 26.8 Å². The lowest BCUT2D eigenvalue weighted by molar-refractivity contribution is 0.415. The minimum atomic E-state index is -3.98. The van der Waals surface area contributed by atoms with Gasteiger partial charge in [-0.25, -0.2) is 18.4 Å². The first kappa shape index (κ1) is 20.7. The van der Waals surface area contributed by atoms with Crippen LogP contribution < -0.4 is 10.5 Å². The summed E-state index contributed by atoms with van der Waals surface area (Å²) in [5.74, 6) is 0.603. The summed E-state index contributed by atoms with van der Waals surface area (Å²) in [7, 11) is -2.40. The first-order chi connectivity index (χ1) is 16.0. The van der Waals surface area contributed by atoms with Crippen molar-refractivity contribution in [3.63, 3.8) is 0 Å². The molecule has 164 valence electrons. The summed E-state index contributed by atoms with van der Waals surface area (Å²) in [6.45, 7) is 0. The fourth-order valence-electron chi connectivity index (χ4n) is 3.57. The third kappa shape index (κ3) is 3.58. The molecule has 2 aromatic heterocycles. The van der Waals surface area contributed by atoms with Gasteiger partial charge in [-0.15, -0.1) is 0 Å². The number of rotatable bonds is 5. The van der Waals surface area contributed by atoms with E-state index in [1.54, 1.807) is 49.7 Å². The number of aromatic nitrogens is 3. The van der Waals surface area contributed by atoms with E-state index in [1.807, 2.05) is 30.3 Å². The van der Waals surface area contributed by atoms with Crippen LogP contribution in [0, 0.1) is 0 Å². The zero-order chi connectivity index (χ0) is 23.0. The fourth-order valence-corrected chi connectivity index (χ4v) is 5.07. The molecule has 0 radical (unpaired) electrons. The van der Waals surface area contributed by atoms with Gasteiger partial charge >= 0.3 is 0 Å². The van der Waals surface area contributed by atoms with Crippen molar-refractivity contribution >= 4 is 44.1 Å². The number of anilines is 1. The summed E-state index contributed by atoms with van der Waals surface area (Å²) in [5, 5.41) is 4.46. The molecule has 0 saturated heterocycles. The average Bonchev–Trinajstić information content (AvgIpc) is 3.12. The van der Waals surface area contributed by atoms with Crippen molar-refractivity contribution < 1.29 is 13.2 Å². The van der Waals surface area contributed by atoms with Gasteiger partial charge < -0.3 is 10.5 Å². The van der Waals surface area contributed by atoms with E-state index in [9.17, 15) is 8.42 Å². The van der Waals surface area contributed by atoms with Crippen LogP contribution in [0.15, 0.2) is 93.8 Å². The van der Waals surface area contributed by atoms with Crippen molar-refractivity contribution in [1.82, 2.24) is 14.6 Å². The Kier molecular flexibility index (Phi) is 5.02. The molecule has 33 heavy (non-hydrogen) atoms. The molecule has 0 amide bonds. The number of fused-ring (bicyclic) bond motifs is 2. The predicted octanol–water partition coefficient (Wildman–Crippen LogP) is 3.89. The Hall–Kier alpha value is -4.24. The van der Waals surface area contributed by atoms with Crippen LogP contribution in [0.4, 0.5) is 5.82 Å². The molecule has 3 aromatic carbocycles. The summed E-state index contributed by atoms with van der Waals surface area (Å²) in [5.41, 5.74) is 8.71. The molecule has 5 aromatic rings. The molecule has 9 heteroatoms. The minimum Gasteiger partial charge on any atom is -0.497 e. The van der Waals surface area contributed by atoms with E-state index in [0.717, 1.165) is 5.56 Å². The van der Waals surface area contributed by atoms with Crippen LogP contribution in [0.1, 0.15) is 5.56 Å². The van der Waals surface area contributed by atoms with Crippen molar-refractivity contribution in [3.8, 4) is 5.75 Å². The highest BCUT2D eigenvalue weighted by Gasteiger charge is 2.30. The Morgan fingerprint density at radius 3 is 2.36 bits per heavy atom. The van der Waals surface area contributed by atoms with Crippen molar-refractivity contribution in [2.24, 2.45) is 5.10 Å². The molecule has 8 nitrogen and oxygen atoms in total. The predicted molar refractivity (Wildman–Crippen MR) is 127 cm³/mol. The van der Waals surface area contributed by atoms with Crippen molar-refractivity contribution in [1.29, 1.82) is 0 Å². The zero-order valence-electron chi connectivity index (χ0n) is 17.6. The Labute approximate surface area is 189 Å². The van der Waals surface area contributed by atoms with Crippen LogP contribution in [-0.2, 0) is 9.84 Å². The number of sulfone groups is 1. The number of nitrogens with two attached hydrogens (primary N) is 1. The second-order valence-electron chi connectivity index (χ2n) is 7.25. The van der Waals surface area contributed by atoms with Crippen molar-refractivity contribution in [2.75, 3.05) is 12.8 Å². The van der Waals surface area contributed by atoms with Gasteiger partial charge in [0, 0.05) is 0 Å². The number of benzene rings is 3. The molecule has 5 rings (SSSR count). The third-order valence-electron chi connectivity index (χ3n) is 5.17. The number of hydrogen-bond donors (Lipinski definition) is 1. The maximum atomic E-state index is 13.5. The molecule has 0 aliphatic rings. The monoisotopic (exact) mass is 457 g/mol. The molecule has 2 N–H and O–H groups in total. The first-order valence-corrected chi connectivity index (χ1v) is 11.5. The van der Waals surface area contributed by atoms with Gasteiger partial charge in [0.25, 0.3) is 0 Å². The first-order valence-electron chi connectivity index (χ1n) is 10.0. The molecule has 0 atom stereocenters. The normalized spacial score (nSPS) is 12.0. The van der Waals surface area contributed by atoms with Gasteiger partial charge in [-0.3, -0.25) is 0 Å². The summed E-state index contributed by atoms with van der Waals surface area (Å²) in [6, 6.07) is 22.6. The molecular formula is C24H19N5O3S. The smallest absolute Gasteiger partial charge is 0.212 e. The van der Waals surface area contributed by atoms with Gasteiger partial charge in [-0.05, 0) is 42.0 Å². The molecule has 0 aliphatic heterocycles.